The first-order valence-corrected chi connectivity index (χ1v) is 9.57. The molecule has 8 nitrogen and oxygen atoms in total. The predicted molar refractivity (Wildman–Crippen MR) is 117 cm³/mol. The molecule has 170 valence electrons. The van der Waals surface area contributed by atoms with E-state index in [1.807, 2.05) is 0 Å². The minimum Gasteiger partial charge on any atom is -0.478 e. The summed E-state index contributed by atoms with van der Waals surface area (Å²) in [5.41, 5.74) is -0.152. The number of hydrogen-bond donors (Lipinski definition) is 4. The van der Waals surface area contributed by atoms with E-state index in [0.29, 0.717) is 11.3 Å². The smallest absolute Gasteiger partial charge is 0.377 e. The first kappa shape index (κ1) is 26.3. The highest BCUT2D eigenvalue weighted by atomic mass is 16.4. The number of Topliss-reactive ketones (excluding diaryl/α,β-unsaturated/α-hetero) is 1. The number of furan rings is 1. The second-order valence-corrected chi connectivity index (χ2v) is 6.90. The molecule has 0 saturated heterocycles. The molecule has 0 fully saturated rings. The van der Waals surface area contributed by atoms with Gasteiger partial charge in [-0.3, -0.25) is 4.79 Å². The Balaban J connectivity index is 0.000000242. The summed E-state index contributed by atoms with van der Waals surface area (Å²) in [5.74, 6) is -2.56. The molecule has 0 radical (unpaired) electrons. The second-order valence-electron chi connectivity index (χ2n) is 6.90. The van der Waals surface area contributed by atoms with Crippen molar-refractivity contribution in [3.8, 4) is 0 Å². The lowest BCUT2D eigenvalue weighted by Gasteiger charge is -2.27. The monoisotopic (exact) mass is 442 g/mol. The molecule has 2 aromatic carbocycles. The van der Waals surface area contributed by atoms with Crippen LogP contribution in [-0.2, 0) is 10.2 Å². The van der Waals surface area contributed by atoms with Gasteiger partial charge in [-0.05, 0) is 38.1 Å². The van der Waals surface area contributed by atoms with E-state index in [0.717, 1.165) is 0 Å². The van der Waals surface area contributed by atoms with Gasteiger partial charge in [-0.25, -0.2) is 9.59 Å². The number of aromatic carboxylic acids is 1. The van der Waals surface area contributed by atoms with Gasteiger partial charge in [-0.2, -0.15) is 0 Å². The maximum atomic E-state index is 10.7. The van der Waals surface area contributed by atoms with E-state index in [1.165, 1.54) is 18.4 Å². The second kappa shape index (κ2) is 12.8. The maximum absolute atomic E-state index is 10.7. The van der Waals surface area contributed by atoms with Crippen molar-refractivity contribution >= 4 is 17.7 Å². The standard InChI is InChI=1S/C9H14O3.C8H6O3.C7H6O2/c1-7(11)9(2,6-10)8-4-3-5-12-8;9-7(8(10)11)6-4-2-1-3-5-6;8-7(9)6-4-2-1-3-5-6/h3-5,7,10-11H,6H2,1-2H3;1-5H,(H,10,11);1-5H,(H,8,9). The third-order valence-corrected chi connectivity index (χ3v) is 4.59. The van der Waals surface area contributed by atoms with Gasteiger partial charge < -0.3 is 24.8 Å². The zero-order valence-electron chi connectivity index (χ0n) is 17.7. The number of benzene rings is 2. The third kappa shape index (κ3) is 7.82. The van der Waals surface area contributed by atoms with E-state index in [9.17, 15) is 19.5 Å². The van der Waals surface area contributed by atoms with Crippen LogP contribution in [0.2, 0.25) is 0 Å². The Bertz CT molecular complexity index is 966. The van der Waals surface area contributed by atoms with Gasteiger partial charge in [-0.15, -0.1) is 0 Å². The fourth-order valence-electron chi connectivity index (χ4n) is 2.31. The van der Waals surface area contributed by atoms with E-state index in [1.54, 1.807) is 74.5 Å². The van der Waals surface area contributed by atoms with Gasteiger partial charge in [0.05, 0.1) is 30.0 Å². The molecule has 8 heteroatoms. The molecular formula is C24H26O8. The Kier molecular flexibility index (Phi) is 10.5. The van der Waals surface area contributed by atoms with Crippen molar-refractivity contribution in [1.29, 1.82) is 0 Å². The van der Waals surface area contributed by atoms with Gasteiger partial charge in [0.1, 0.15) is 5.76 Å². The number of carboxylic acids is 2. The summed E-state index contributed by atoms with van der Waals surface area (Å²) in [6.45, 7) is 3.27. The molecule has 3 aromatic rings. The Morgan fingerprint density at radius 2 is 1.38 bits per heavy atom. The maximum Gasteiger partial charge on any atom is 0.377 e. The van der Waals surface area contributed by atoms with Crippen LogP contribution in [0.3, 0.4) is 0 Å². The van der Waals surface area contributed by atoms with Crippen molar-refractivity contribution in [2.45, 2.75) is 25.4 Å². The topological polar surface area (TPSA) is 145 Å². The summed E-state index contributed by atoms with van der Waals surface area (Å²) in [5, 5.41) is 35.2. The van der Waals surface area contributed by atoms with Gasteiger partial charge in [0.25, 0.3) is 5.78 Å². The van der Waals surface area contributed by atoms with Crippen molar-refractivity contribution in [3.05, 3.63) is 95.9 Å². The summed E-state index contributed by atoms with van der Waals surface area (Å²) >= 11 is 0. The van der Waals surface area contributed by atoms with Crippen LogP contribution >= 0.6 is 0 Å². The van der Waals surface area contributed by atoms with Crippen LogP contribution in [0.4, 0.5) is 0 Å². The normalized spacial score (nSPS) is 12.6. The van der Waals surface area contributed by atoms with E-state index in [4.69, 9.17) is 19.7 Å². The predicted octanol–water partition coefficient (Wildman–Crippen LogP) is 3.25. The quantitative estimate of drug-likeness (QED) is 0.336. The van der Waals surface area contributed by atoms with Crippen molar-refractivity contribution in [2.24, 2.45) is 0 Å². The van der Waals surface area contributed by atoms with Gasteiger partial charge >= 0.3 is 11.9 Å². The van der Waals surface area contributed by atoms with Crippen LogP contribution in [0.25, 0.3) is 0 Å². The Labute approximate surface area is 185 Å². The van der Waals surface area contributed by atoms with E-state index in [-0.39, 0.29) is 12.2 Å². The highest BCUT2D eigenvalue weighted by Crippen LogP contribution is 2.27. The lowest BCUT2D eigenvalue weighted by Crippen LogP contribution is -2.37. The average molecular weight is 442 g/mol. The Morgan fingerprint density at radius 3 is 1.69 bits per heavy atom. The first-order valence-electron chi connectivity index (χ1n) is 9.57. The van der Waals surface area contributed by atoms with Gasteiger partial charge in [0.2, 0.25) is 0 Å². The molecule has 32 heavy (non-hydrogen) atoms. The molecule has 0 aliphatic heterocycles. The number of rotatable bonds is 6. The molecule has 2 unspecified atom stereocenters. The van der Waals surface area contributed by atoms with E-state index in [2.05, 4.69) is 0 Å². The van der Waals surface area contributed by atoms with Crippen LogP contribution in [0.15, 0.2) is 83.5 Å². The Morgan fingerprint density at radius 1 is 0.875 bits per heavy atom. The fraction of sp³-hybridized carbons (Fsp3) is 0.208. The van der Waals surface area contributed by atoms with Crippen LogP contribution in [-0.4, -0.2) is 50.9 Å². The SMILES string of the molecule is CC(O)C(C)(CO)c1ccco1.O=C(O)C(=O)c1ccccc1.O=C(O)c1ccccc1. The molecule has 2 atom stereocenters. The molecule has 4 N–H and O–H groups in total. The van der Waals surface area contributed by atoms with Gasteiger partial charge in [0.15, 0.2) is 0 Å². The zero-order chi connectivity index (χ0) is 24.1. The van der Waals surface area contributed by atoms with Gasteiger partial charge in [-0.1, -0.05) is 48.5 Å². The van der Waals surface area contributed by atoms with Gasteiger partial charge in [0, 0.05) is 5.56 Å². The fourth-order valence-corrected chi connectivity index (χ4v) is 2.31. The molecular weight excluding hydrogens is 416 g/mol. The summed E-state index contributed by atoms with van der Waals surface area (Å²) in [7, 11) is 0. The molecule has 1 heterocycles. The van der Waals surface area contributed by atoms with Crippen molar-refractivity contribution < 1.29 is 39.2 Å². The van der Waals surface area contributed by atoms with Crippen molar-refractivity contribution in [3.63, 3.8) is 0 Å². The minimum absolute atomic E-state index is 0.127. The van der Waals surface area contributed by atoms with Crippen LogP contribution in [0.5, 0.6) is 0 Å². The number of carboxylic acid groups (broad SMARTS) is 2. The molecule has 0 aliphatic carbocycles. The molecule has 3 rings (SSSR count). The summed E-state index contributed by atoms with van der Waals surface area (Å²) < 4.78 is 5.13. The zero-order valence-corrected chi connectivity index (χ0v) is 17.7. The Hall–Kier alpha value is -3.75. The summed E-state index contributed by atoms with van der Waals surface area (Å²) in [4.78, 5) is 31.1. The minimum atomic E-state index is -1.42. The van der Waals surface area contributed by atoms with Crippen molar-refractivity contribution in [1.82, 2.24) is 0 Å². The molecule has 0 bridgehead atoms. The van der Waals surface area contributed by atoms with Crippen LogP contribution < -0.4 is 0 Å². The van der Waals surface area contributed by atoms with Crippen molar-refractivity contribution in [2.75, 3.05) is 6.61 Å². The first-order chi connectivity index (χ1) is 15.1. The van der Waals surface area contributed by atoms with Crippen LogP contribution in [0.1, 0.15) is 40.3 Å². The molecule has 1 aromatic heterocycles. The third-order valence-electron chi connectivity index (χ3n) is 4.59. The molecule has 0 aliphatic rings. The number of carbonyl (C=O) groups is 3. The lowest BCUT2D eigenvalue weighted by atomic mass is 9.83. The summed E-state index contributed by atoms with van der Waals surface area (Å²) in [6, 6.07) is 19.7. The number of aliphatic hydroxyl groups is 2. The number of ketones is 1. The largest absolute Gasteiger partial charge is 0.478 e. The number of aliphatic carboxylic acids is 1. The highest BCUT2D eigenvalue weighted by Gasteiger charge is 2.34. The number of carbonyl (C=O) groups excluding carboxylic acids is 1. The summed E-state index contributed by atoms with van der Waals surface area (Å²) in [6.07, 6.45) is 0.902. The molecule has 0 amide bonds. The van der Waals surface area contributed by atoms with E-state index < -0.39 is 29.2 Å². The average Bonchev–Trinajstić information content (AvgIpc) is 3.35. The molecule has 0 saturated carbocycles. The number of hydrogen-bond acceptors (Lipinski definition) is 6. The van der Waals surface area contributed by atoms with Crippen LogP contribution in [0, 0.1) is 0 Å². The lowest BCUT2D eigenvalue weighted by molar-refractivity contribution is -0.131. The molecule has 0 spiro atoms. The number of aliphatic hydroxyl groups excluding tert-OH is 2. The highest BCUT2D eigenvalue weighted by molar-refractivity contribution is 6.39. The van der Waals surface area contributed by atoms with E-state index >= 15 is 0 Å².